The van der Waals surface area contributed by atoms with Gasteiger partial charge in [-0.05, 0) is 24.3 Å². The van der Waals surface area contributed by atoms with Crippen LogP contribution < -0.4 is 0 Å². The van der Waals surface area contributed by atoms with Crippen molar-refractivity contribution in [1.29, 1.82) is 0 Å². The predicted octanol–water partition coefficient (Wildman–Crippen LogP) is 4.67. The summed E-state index contributed by atoms with van der Waals surface area (Å²) in [6.45, 7) is 8.66. The Hall–Kier alpha value is -2.66. The SMILES string of the molecule is C=CCN(CC=C)C(=O)Cn1c(-c2cccc(Br)c2)nc2ccccc21. The van der Waals surface area contributed by atoms with Gasteiger partial charge in [0.25, 0.3) is 0 Å². The number of fused-ring (bicyclic) bond motifs is 1. The van der Waals surface area contributed by atoms with Crippen LogP contribution in [-0.2, 0) is 11.3 Å². The quantitative estimate of drug-likeness (QED) is 0.531. The third-order valence-corrected chi connectivity index (χ3v) is 4.58. The van der Waals surface area contributed by atoms with Gasteiger partial charge in [-0.3, -0.25) is 4.79 Å². The number of rotatable bonds is 7. The first kappa shape index (κ1) is 18.1. The molecule has 0 N–H and O–H groups in total. The van der Waals surface area contributed by atoms with Gasteiger partial charge in [-0.1, -0.05) is 52.3 Å². The average Bonchev–Trinajstić information content (AvgIpc) is 3.00. The number of nitrogens with zero attached hydrogens (tertiary/aromatic N) is 3. The minimum Gasteiger partial charge on any atom is -0.334 e. The molecule has 0 saturated heterocycles. The molecule has 2 aromatic carbocycles. The van der Waals surface area contributed by atoms with Crippen molar-refractivity contribution in [2.75, 3.05) is 13.1 Å². The van der Waals surface area contributed by atoms with E-state index in [1.165, 1.54) is 0 Å². The van der Waals surface area contributed by atoms with Crippen molar-refractivity contribution in [2.24, 2.45) is 0 Å². The summed E-state index contributed by atoms with van der Waals surface area (Å²) >= 11 is 3.51. The van der Waals surface area contributed by atoms with Crippen molar-refractivity contribution in [3.05, 3.63) is 78.3 Å². The van der Waals surface area contributed by atoms with E-state index in [0.29, 0.717) is 13.1 Å². The van der Waals surface area contributed by atoms with Gasteiger partial charge in [-0.25, -0.2) is 4.98 Å². The van der Waals surface area contributed by atoms with Crippen LogP contribution in [0.4, 0.5) is 0 Å². The summed E-state index contributed by atoms with van der Waals surface area (Å²) in [5.74, 6) is 0.780. The van der Waals surface area contributed by atoms with E-state index in [1.807, 2.05) is 53.1 Å². The Morgan fingerprint density at radius 3 is 2.54 bits per heavy atom. The Kier molecular flexibility index (Phi) is 5.68. The van der Waals surface area contributed by atoms with Crippen LogP contribution in [0.1, 0.15) is 0 Å². The molecule has 0 aliphatic heterocycles. The van der Waals surface area contributed by atoms with Gasteiger partial charge in [0.2, 0.25) is 5.91 Å². The smallest absolute Gasteiger partial charge is 0.243 e. The molecule has 0 atom stereocenters. The molecule has 4 nitrogen and oxygen atoms in total. The fraction of sp³-hybridized carbons (Fsp3) is 0.143. The first-order valence-electron chi connectivity index (χ1n) is 8.35. The molecule has 0 aliphatic carbocycles. The zero-order chi connectivity index (χ0) is 18.5. The molecule has 0 fully saturated rings. The number of amides is 1. The second-order valence-corrected chi connectivity index (χ2v) is 6.81. The third-order valence-electron chi connectivity index (χ3n) is 4.08. The van der Waals surface area contributed by atoms with Crippen LogP contribution >= 0.6 is 15.9 Å². The highest BCUT2D eigenvalue weighted by Gasteiger charge is 2.18. The van der Waals surface area contributed by atoms with Crippen LogP contribution in [0.3, 0.4) is 0 Å². The van der Waals surface area contributed by atoms with Crippen molar-refractivity contribution in [2.45, 2.75) is 6.54 Å². The number of imidazole rings is 1. The van der Waals surface area contributed by atoms with Crippen LogP contribution in [0.15, 0.2) is 78.3 Å². The molecule has 3 rings (SSSR count). The molecule has 3 aromatic rings. The number of carbonyl (C=O) groups excluding carboxylic acids is 1. The lowest BCUT2D eigenvalue weighted by Gasteiger charge is -2.20. The maximum Gasteiger partial charge on any atom is 0.243 e. The van der Waals surface area contributed by atoms with Crippen LogP contribution in [0, 0.1) is 0 Å². The Labute approximate surface area is 161 Å². The zero-order valence-electron chi connectivity index (χ0n) is 14.4. The fourth-order valence-electron chi connectivity index (χ4n) is 2.91. The number of para-hydroxylation sites is 2. The maximum absolute atomic E-state index is 12.9. The van der Waals surface area contributed by atoms with Crippen LogP contribution in [-0.4, -0.2) is 33.4 Å². The van der Waals surface area contributed by atoms with Crippen molar-refractivity contribution in [3.8, 4) is 11.4 Å². The zero-order valence-corrected chi connectivity index (χ0v) is 16.0. The topological polar surface area (TPSA) is 38.1 Å². The second kappa shape index (κ2) is 8.15. The van der Waals surface area contributed by atoms with Crippen LogP contribution in [0.2, 0.25) is 0 Å². The molecular formula is C21H20BrN3O. The molecule has 0 aliphatic rings. The van der Waals surface area contributed by atoms with Crippen LogP contribution in [0.25, 0.3) is 22.4 Å². The third kappa shape index (κ3) is 3.78. The summed E-state index contributed by atoms with van der Waals surface area (Å²) in [5, 5.41) is 0. The van der Waals surface area contributed by atoms with E-state index in [4.69, 9.17) is 4.98 Å². The van der Waals surface area contributed by atoms with Crippen molar-refractivity contribution >= 4 is 32.9 Å². The van der Waals surface area contributed by atoms with Crippen molar-refractivity contribution < 1.29 is 4.79 Å². The summed E-state index contributed by atoms with van der Waals surface area (Å²) in [4.78, 5) is 19.3. The maximum atomic E-state index is 12.9. The molecule has 1 amide bonds. The fourth-order valence-corrected chi connectivity index (χ4v) is 3.31. The molecule has 1 heterocycles. The predicted molar refractivity (Wildman–Crippen MR) is 110 cm³/mol. The molecule has 0 radical (unpaired) electrons. The van der Waals surface area contributed by atoms with E-state index in [2.05, 4.69) is 29.1 Å². The van der Waals surface area contributed by atoms with E-state index >= 15 is 0 Å². The minimum atomic E-state index is 0.00389. The number of aromatic nitrogens is 2. The lowest BCUT2D eigenvalue weighted by atomic mass is 10.2. The molecular weight excluding hydrogens is 390 g/mol. The Bertz CT molecular complexity index is 951. The number of benzene rings is 2. The van der Waals surface area contributed by atoms with Gasteiger partial charge in [0.1, 0.15) is 12.4 Å². The normalized spacial score (nSPS) is 10.7. The van der Waals surface area contributed by atoms with Crippen molar-refractivity contribution in [3.63, 3.8) is 0 Å². The van der Waals surface area contributed by atoms with E-state index in [9.17, 15) is 4.79 Å². The number of halogens is 1. The Balaban J connectivity index is 2.06. The Morgan fingerprint density at radius 2 is 1.85 bits per heavy atom. The van der Waals surface area contributed by atoms with E-state index < -0.39 is 0 Å². The average molecular weight is 410 g/mol. The highest BCUT2D eigenvalue weighted by molar-refractivity contribution is 9.10. The van der Waals surface area contributed by atoms with Gasteiger partial charge in [0.15, 0.2) is 0 Å². The standard InChI is InChI=1S/C21H20BrN3O/c1-3-12-24(13-4-2)20(26)15-25-19-11-6-5-10-18(19)23-21(25)16-8-7-9-17(22)14-16/h3-11,14H,1-2,12-13,15H2. The minimum absolute atomic E-state index is 0.00389. The molecule has 0 bridgehead atoms. The van der Waals surface area contributed by atoms with Gasteiger partial charge >= 0.3 is 0 Å². The summed E-state index contributed by atoms with van der Waals surface area (Å²) in [6.07, 6.45) is 3.45. The molecule has 0 unspecified atom stereocenters. The first-order chi connectivity index (χ1) is 12.6. The molecule has 26 heavy (non-hydrogen) atoms. The van der Waals surface area contributed by atoms with Gasteiger partial charge in [0.05, 0.1) is 11.0 Å². The lowest BCUT2D eigenvalue weighted by Crippen LogP contribution is -2.34. The summed E-state index contributed by atoms with van der Waals surface area (Å²) in [6, 6.07) is 15.8. The van der Waals surface area contributed by atoms with Gasteiger partial charge < -0.3 is 9.47 Å². The van der Waals surface area contributed by atoms with E-state index in [-0.39, 0.29) is 12.5 Å². The first-order valence-corrected chi connectivity index (χ1v) is 9.14. The summed E-state index contributed by atoms with van der Waals surface area (Å²) in [7, 11) is 0. The van der Waals surface area contributed by atoms with E-state index in [0.717, 1.165) is 26.9 Å². The largest absolute Gasteiger partial charge is 0.334 e. The Morgan fingerprint density at radius 1 is 1.12 bits per heavy atom. The number of hydrogen-bond donors (Lipinski definition) is 0. The van der Waals surface area contributed by atoms with Gasteiger partial charge in [-0.15, -0.1) is 13.2 Å². The molecule has 1 aromatic heterocycles. The number of hydrogen-bond acceptors (Lipinski definition) is 2. The lowest BCUT2D eigenvalue weighted by molar-refractivity contribution is -0.130. The molecule has 0 spiro atoms. The highest BCUT2D eigenvalue weighted by atomic mass is 79.9. The van der Waals surface area contributed by atoms with Crippen molar-refractivity contribution in [1.82, 2.24) is 14.5 Å². The monoisotopic (exact) mass is 409 g/mol. The van der Waals surface area contributed by atoms with Gasteiger partial charge in [-0.2, -0.15) is 0 Å². The molecule has 0 saturated carbocycles. The highest BCUT2D eigenvalue weighted by Crippen LogP contribution is 2.27. The van der Waals surface area contributed by atoms with Crippen LogP contribution in [0.5, 0.6) is 0 Å². The summed E-state index contributed by atoms with van der Waals surface area (Å²) in [5.41, 5.74) is 2.77. The molecule has 5 heteroatoms. The second-order valence-electron chi connectivity index (χ2n) is 5.90. The number of carbonyl (C=O) groups is 1. The molecule has 132 valence electrons. The van der Waals surface area contributed by atoms with E-state index in [1.54, 1.807) is 17.1 Å². The van der Waals surface area contributed by atoms with Gasteiger partial charge in [0, 0.05) is 23.1 Å². The summed E-state index contributed by atoms with van der Waals surface area (Å²) < 4.78 is 2.94.